The second-order valence-electron chi connectivity index (χ2n) is 6.02. The second kappa shape index (κ2) is 8.80. The number of aromatic nitrogens is 2. The number of rotatable bonds is 7. The highest BCUT2D eigenvalue weighted by molar-refractivity contribution is 7.15. The number of nitrogens with one attached hydrogen (secondary N) is 1. The Kier molecular flexibility index (Phi) is 6.22. The van der Waals surface area contributed by atoms with E-state index in [2.05, 4.69) is 15.5 Å². The number of carbonyl (C=O) groups is 1. The van der Waals surface area contributed by atoms with E-state index in [9.17, 15) is 4.79 Å². The first kappa shape index (κ1) is 17.7. The average Bonchev–Trinajstić information content (AvgIpc) is 3.11. The van der Waals surface area contributed by atoms with Crippen LogP contribution in [-0.2, 0) is 4.79 Å². The summed E-state index contributed by atoms with van der Waals surface area (Å²) < 4.78 is 10.9. The molecule has 0 radical (unpaired) electrons. The van der Waals surface area contributed by atoms with Gasteiger partial charge in [-0.05, 0) is 44.0 Å². The Morgan fingerprint density at radius 3 is 2.48 bits per heavy atom. The van der Waals surface area contributed by atoms with Crippen LogP contribution in [0.25, 0.3) is 0 Å². The summed E-state index contributed by atoms with van der Waals surface area (Å²) in [6.45, 7) is 2.49. The molecule has 7 heteroatoms. The molecule has 2 aromatic rings. The van der Waals surface area contributed by atoms with Gasteiger partial charge in [0, 0.05) is 5.92 Å². The SMILES string of the molecule is CCOc1ccc(OCC(=O)Nc2nnc(C3CCCCC3)s2)cc1. The van der Waals surface area contributed by atoms with E-state index in [1.54, 1.807) is 12.1 Å². The molecule has 0 bridgehead atoms. The molecule has 25 heavy (non-hydrogen) atoms. The van der Waals surface area contributed by atoms with Crippen LogP contribution in [0.1, 0.15) is 50.0 Å². The van der Waals surface area contributed by atoms with Crippen molar-refractivity contribution in [2.45, 2.75) is 44.9 Å². The molecule has 0 aliphatic heterocycles. The van der Waals surface area contributed by atoms with Gasteiger partial charge in [0.25, 0.3) is 5.91 Å². The first-order valence-corrected chi connectivity index (χ1v) is 9.55. The Morgan fingerprint density at radius 1 is 1.12 bits per heavy atom. The van der Waals surface area contributed by atoms with Crippen molar-refractivity contribution in [3.63, 3.8) is 0 Å². The summed E-state index contributed by atoms with van der Waals surface area (Å²) in [7, 11) is 0. The molecule has 1 aliphatic rings. The van der Waals surface area contributed by atoms with Crippen molar-refractivity contribution in [1.82, 2.24) is 10.2 Å². The fraction of sp³-hybridized carbons (Fsp3) is 0.500. The van der Waals surface area contributed by atoms with Crippen molar-refractivity contribution in [1.29, 1.82) is 0 Å². The van der Waals surface area contributed by atoms with Crippen molar-refractivity contribution >= 4 is 22.4 Å². The first-order chi connectivity index (χ1) is 12.2. The Bertz CT molecular complexity index is 681. The summed E-state index contributed by atoms with van der Waals surface area (Å²) in [5, 5.41) is 12.7. The van der Waals surface area contributed by atoms with Gasteiger partial charge in [-0.25, -0.2) is 0 Å². The van der Waals surface area contributed by atoms with E-state index < -0.39 is 0 Å². The zero-order chi connectivity index (χ0) is 17.5. The van der Waals surface area contributed by atoms with Crippen molar-refractivity contribution in [2.24, 2.45) is 0 Å². The predicted molar refractivity (Wildman–Crippen MR) is 97.5 cm³/mol. The van der Waals surface area contributed by atoms with Crippen LogP contribution < -0.4 is 14.8 Å². The molecule has 1 heterocycles. The second-order valence-corrected chi connectivity index (χ2v) is 7.03. The molecule has 1 aliphatic carbocycles. The molecule has 0 spiro atoms. The van der Waals surface area contributed by atoms with Crippen LogP contribution in [0.2, 0.25) is 0 Å². The Balaban J connectivity index is 1.46. The lowest BCUT2D eigenvalue weighted by molar-refractivity contribution is -0.118. The lowest BCUT2D eigenvalue weighted by Crippen LogP contribution is -2.20. The molecule has 0 unspecified atom stereocenters. The molecule has 1 aromatic carbocycles. The van der Waals surface area contributed by atoms with Crippen LogP contribution in [0.5, 0.6) is 11.5 Å². The van der Waals surface area contributed by atoms with E-state index in [1.807, 2.05) is 19.1 Å². The third-order valence-electron chi connectivity index (χ3n) is 4.15. The van der Waals surface area contributed by atoms with Crippen LogP contribution in [0.3, 0.4) is 0 Å². The largest absolute Gasteiger partial charge is 0.494 e. The first-order valence-electron chi connectivity index (χ1n) is 8.73. The highest BCUT2D eigenvalue weighted by Crippen LogP contribution is 2.35. The van der Waals surface area contributed by atoms with Gasteiger partial charge in [-0.1, -0.05) is 30.6 Å². The predicted octanol–water partition coefficient (Wildman–Crippen LogP) is 4.00. The van der Waals surface area contributed by atoms with Crippen LogP contribution >= 0.6 is 11.3 Å². The summed E-state index contributed by atoms with van der Waals surface area (Å²) in [4.78, 5) is 12.0. The molecule has 1 aromatic heterocycles. The molecule has 1 saturated carbocycles. The smallest absolute Gasteiger partial charge is 0.264 e. The molecule has 0 atom stereocenters. The number of nitrogens with zero attached hydrogens (tertiary/aromatic N) is 2. The van der Waals surface area contributed by atoms with Crippen molar-refractivity contribution in [2.75, 3.05) is 18.5 Å². The summed E-state index contributed by atoms with van der Waals surface area (Å²) in [5.41, 5.74) is 0. The zero-order valence-corrected chi connectivity index (χ0v) is 15.2. The van der Waals surface area contributed by atoms with Gasteiger partial charge in [0.1, 0.15) is 16.5 Å². The van der Waals surface area contributed by atoms with Crippen molar-refractivity contribution in [3.05, 3.63) is 29.3 Å². The van der Waals surface area contributed by atoms with E-state index in [-0.39, 0.29) is 12.5 Å². The summed E-state index contributed by atoms with van der Waals surface area (Å²) in [6, 6.07) is 7.20. The van der Waals surface area contributed by atoms with Gasteiger partial charge in [0.2, 0.25) is 5.13 Å². The van der Waals surface area contributed by atoms with Gasteiger partial charge in [0.15, 0.2) is 6.61 Å². The van der Waals surface area contributed by atoms with Gasteiger partial charge in [-0.2, -0.15) is 0 Å². The number of benzene rings is 1. The van der Waals surface area contributed by atoms with E-state index >= 15 is 0 Å². The van der Waals surface area contributed by atoms with Gasteiger partial charge in [-0.3, -0.25) is 10.1 Å². The number of anilines is 1. The maximum Gasteiger partial charge on any atom is 0.264 e. The molecule has 1 amide bonds. The zero-order valence-electron chi connectivity index (χ0n) is 14.4. The minimum atomic E-state index is -0.236. The Morgan fingerprint density at radius 2 is 1.80 bits per heavy atom. The number of amides is 1. The topological polar surface area (TPSA) is 73.3 Å². The van der Waals surface area contributed by atoms with E-state index in [0.717, 1.165) is 10.8 Å². The number of hydrogen-bond acceptors (Lipinski definition) is 6. The molecule has 3 rings (SSSR count). The van der Waals surface area contributed by atoms with Crippen molar-refractivity contribution < 1.29 is 14.3 Å². The van der Waals surface area contributed by atoms with E-state index in [4.69, 9.17) is 9.47 Å². The summed E-state index contributed by atoms with van der Waals surface area (Å²) in [5.74, 6) is 1.67. The monoisotopic (exact) mass is 361 g/mol. The molecule has 1 N–H and O–H groups in total. The van der Waals surface area contributed by atoms with Gasteiger partial charge >= 0.3 is 0 Å². The Hall–Kier alpha value is -2.15. The molecule has 6 nitrogen and oxygen atoms in total. The maximum atomic E-state index is 12.0. The van der Waals surface area contributed by atoms with Crippen LogP contribution in [-0.4, -0.2) is 29.3 Å². The van der Waals surface area contributed by atoms with Crippen LogP contribution in [0.15, 0.2) is 24.3 Å². The summed E-state index contributed by atoms with van der Waals surface area (Å²) in [6.07, 6.45) is 6.15. The molecule has 0 saturated heterocycles. The third-order valence-corrected chi connectivity index (χ3v) is 5.15. The standard InChI is InChI=1S/C18H23N3O3S/c1-2-23-14-8-10-15(11-9-14)24-12-16(22)19-18-21-20-17(25-18)13-6-4-3-5-7-13/h8-11,13H,2-7,12H2,1H3,(H,19,21,22). The summed E-state index contributed by atoms with van der Waals surface area (Å²) >= 11 is 1.47. The highest BCUT2D eigenvalue weighted by atomic mass is 32.1. The van der Waals surface area contributed by atoms with Crippen molar-refractivity contribution in [3.8, 4) is 11.5 Å². The minimum absolute atomic E-state index is 0.0632. The normalized spacial score (nSPS) is 14.9. The molecular formula is C18H23N3O3S. The minimum Gasteiger partial charge on any atom is -0.494 e. The third kappa shape index (κ3) is 5.16. The fourth-order valence-corrected chi connectivity index (χ4v) is 3.83. The van der Waals surface area contributed by atoms with Gasteiger partial charge in [-0.15, -0.1) is 10.2 Å². The highest BCUT2D eigenvalue weighted by Gasteiger charge is 2.20. The average molecular weight is 361 g/mol. The van der Waals surface area contributed by atoms with E-state index in [0.29, 0.717) is 23.4 Å². The number of carbonyl (C=O) groups excluding carboxylic acids is 1. The van der Waals surface area contributed by atoms with Gasteiger partial charge in [0.05, 0.1) is 6.61 Å². The maximum absolute atomic E-state index is 12.0. The van der Waals surface area contributed by atoms with Crippen LogP contribution in [0.4, 0.5) is 5.13 Å². The van der Waals surface area contributed by atoms with Crippen LogP contribution in [0, 0.1) is 0 Å². The molecular weight excluding hydrogens is 338 g/mol. The lowest BCUT2D eigenvalue weighted by atomic mass is 9.90. The molecule has 1 fully saturated rings. The lowest BCUT2D eigenvalue weighted by Gasteiger charge is -2.18. The Labute approximate surface area is 151 Å². The number of ether oxygens (including phenoxy) is 2. The quantitative estimate of drug-likeness (QED) is 0.807. The van der Waals surface area contributed by atoms with Gasteiger partial charge < -0.3 is 9.47 Å². The molecule has 134 valence electrons. The fourth-order valence-electron chi connectivity index (χ4n) is 2.90. The number of hydrogen-bond donors (Lipinski definition) is 1. The van der Waals surface area contributed by atoms with E-state index in [1.165, 1.54) is 43.4 Å².